The monoisotopic (exact) mass is 469 g/mol. The van der Waals surface area contributed by atoms with Gasteiger partial charge in [0.05, 0.1) is 17.0 Å². The van der Waals surface area contributed by atoms with E-state index < -0.39 is 10.0 Å². The first-order valence-electron chi connectivity index (χ1n) is 10.2. The molecule has 0 aliphatic carbocycles. The molecule has 2 rings (SSSR count). The number of nitrogens with zero attached hydrogens (tertiary/aromatic N) is 1. The van der Waals surface area contributed by atoms with Crippen LogP contribution in [0.5, 0.6) is 5.75 Å². The smallest absolute Gasteiger partial charge is 0.257 e. The van der Waals surface area contributed by atoms with Crippen molar-refractivity contribution in [3.05, 3.63) is 54.1 Å². The minimum Gasteiger partial charge on any atom is -0.492 e. The lowest BCUT2D eigenvalue weighted by atomic mass is 10.1. The molecule has 0 atom stereocenters. The fourth-order valence-electron chi connectivity index (χ4n) is 2.92. The van der Waals surface area contributed by atoms with Gasteiger partial charge in [0.25, 0.3) is 5.91 Å². The molecule has 0 heterocycles. The summed E-state index contributed by atoms with van der Waals surface area (Å²) < 4.78 is 32.4. The van der Waals surface area contributed by atoms with Gasteiger partial charge < -0.3 is 15.0 Å². The highest BCUT2D eigenvalue weighted by Crippen LogP contribution is 2.20. The molecule has 0 bridgehead atoms. The molecule has 2 aromatic carbocycles. The maximum atomic E-state index is 12.7. The minimum atomic E-state index is -3.49. The lowest BCUT2D eigenvalue weighted by Gasteiger charge is -2.18. The van der Waals surface area contributed by atoms with Crippen molar-refractivity contribution in [2.24, 2.45) is 0 Å². The number of amides is 1. The Morgan fingerprint density at radius 1 is 1.00 bits per heavy atom. The van der Waals surface area contributed by atoms with Crippen molar-refractivity contribution >= 4 is 39.7 Å². The van der Waals surface area contributed by atoms with E-state index in [1.54, 1.807) is 55.5 Å². The largest absolute Gasteiger partial charge is 0.492 e. The molecule has 0 aromatic heterocycles. The number of carbonyl (C=O) groups is 1. The molecule has 172 valence electrons. The van der Waals surface area contributed by atoms with Crippen LogP contribution in [0.15, 0.2) is 48.5 Å². The predicted octanol–water partition coefficient (Wildman–Crippen LogP) is 4.23. The van der Waals surface area contributed by atoms with E-state index in [9.17, 15) is 13.2 Å². The number of anilines is 2. The van der Waals surface area contributed by atoms with E-state index in [4.69, 9.17) is 4.74 Å². The summed E-state index contributed by atoms with van der Waals surface area (Å²) in [4.78, 5) is 15.0. The van der Waals surface area contributed by atoms with Crippen LogP contribution in [0.3, 0.4) is 0 Å². The maximum Gasteiger partial charge on any atom is 0.257 e. The van der Waals surface area contributed by atoms with Crippen LogP contribution in [0.1, 0.15) is 37.6 Å². The average Bonchev–Trinajstić information content (AvgIpc) is 2.72. The molecule has 31 heavy (non-hydrogen) atoms. The zero-order chi connectivity index (χ0) is 22.0. The summed E-state index contributed by atoms with van der Waals surface area (Å²) >= 11 is 0. The second-order valence-corrected chi connectivity index (χ2v) is 8.66. The topological polar surface area (TPSA) is 87.7 Å². The number of hydrogen-bond acceptors (Lipinski definition) is 5. The van der Waals surface area contributed by atoms with Crippen LogP contribution in [0.4, 0.5) is 11.4 Å². The van der Waals surface area contributed by atoms with E-state index in [1.165, 1.54) is 0 Å². The minimum absolute atomic E-state index is 0. The van der Waals surface area contributed by atoms with Gasteiger partial charge in [0.2, 0.25) is 10.0 Å². The molecule has 0 radical (unpaired) electrons. The Morgan fingerprint density at radius 2 is 1.65 bits per heavy atom. The molecule has 0 aliphatic rings. The second-order valence-electron chi connectivity index (χ2n) is 6.82. The number of halogens is 1. The van der Waals surface area contributed by atoms with Crippen molar-refractivity contribution in [3.63, 3.8) is 0 Å². The van der Waals surface area contributed by atoms with Gasteiger partial charge in [-0.25, -0.2) is 8.42 Å². The first-order chi connectivity index (χ1) is 14.4. The van der Waals surface area contributed by atoms with Crippen LogP contribution in [0.2, 0.25) is 0 Å². The summed E-state index contributed by atoms with van der Waals surface area (Å²) in [6.45, 7) is 9.45. The quantitative estimate of drug-likeness (QED) is 0.485. The van der Waals surface area contributed by atoms with Gasteiger partial charge in [-0.3, -0.25) is 9.52 Å². The summed E-state index contributed by atoms with van der Waals surface area (Å²) in [5, 5.41) is 2.80. The summed E-state index contributed by atoms with van der Waals surface area (Å²) in [6.07, 6.45) is 0.493. The number of sulfonamides is 1. The summed E-state index contributed by atoms with van der Waals surface area (Å²) in [5.41, 5.74) is 1.12. The molecule has 0 saturated carbocycles. The molecule has 0 fully saturated rings. The maximum absolute atomic E-state index is 12.7. The van der Waals surface area contributed by atoms with Crippen molar-refractivity contribution < 1.29 is 17.9 Å². The van der Waals surface area contributed by atoms with Crippen LogP contribution in [0.25, 0.3) is 0 Å². The van der Waals surface area contributed by atoms with Gasteiger partial charge in [0, 0.05) is 12.2 Å². The normalized spacial score (nSPS) is 11.0. The fourth-order valence-corrected chi connectivity index (χ4v) is 4.08. The zero-order valence-electron chi connectivity index (χ0n) is 18.3. The number of para-hydroxylation sites is 1. The Morgan fingerprint density at radius 3 is 2.26 bits per heavy atom. The third-order valence-corrected chi connectivity index (χ3v) is 6.07. The highest BCUT2D eigenvalue weighted by atomic mass is 35.5. The van der Waals surface area contributed by atoms with E-state index in [2.05, 4.69) is 28.8 Å². The summed E-state index contributed by atoms with van der Waals surface area (Å²) in [5.74, 6) is 0.339. The lowest BCUT2D eigenvalue weighted by Crippen LogP contribution is -2.27. The first-order valence-corrected chi connectivity index (χ1v) is 11.9. The summed E-state index contributed by atoms with van der Waals surface area (Å²) in [6, 6.07) is 13.7. The van der Waals surface area contributed by atoms with Crippen LogP contribution in [-0.4, -0.2) is 51.2 Å². The van der Waals surface area contributed by atoms with Gasteiger partial charge in [0.15, 0.2) is 0 Å². The zero-order valence-corrected chi connectivity index (χ0v) is 19.9. The number of rotatable bonds is 12. The Balaban J connectivity index is 0.00000480. The molecule has 0 spiro atoms. The number of likely N-dealkylation sites (N-methyl/N-ethyl adjacent to an activating group) is 1. The van der Waals surface area contributed by atoms with E-state index in [1.807, 2.05) is 0 Å². The molecule has 2 N–H and O–H groups in total. The number of nitrogens with one attached hydrogen (secondary N) is 2. The van der Waals surface area contributed by atoms with Gasteiger partial charge >= 0.3 is 0 Å². The average molecular weight is 470 g/mol. The van der Waals surface area contributed by atoms with Gasteiger partial charge in [-0.05, 0) is 55.9 Å². The molecule has 2 aromatic rings. The first kappa shape index (κ1) is 26.7. The summed E-state index contributed by atoms with van der Waals surface area (Å²) in [7, 11) is -3.49. The molecule has 0 saturated heterocycles. The number of hydrogen-bond donors (Lipinski definition) is 2. The Hall–Kier alpha value is -2.29. The highest BCUT2D eigenvalue weighted by Gasteiger charge is 2.16. The Bertz CT molecular complexity index is 917. The van der Waals surface area contributed by atoms with Crippen molar-refractivity contribution in [1.82, 2.24) is 4.90 Å². The predicted molar refractivity (Wildman–Crippen MR) is 129 cm³/mol. The molecule has 9 heteroatoms. The SMILES string of the molecule is CCCS(=O)(=O)Nc1ccccc1C(=O)Nc1ccc(OCCN(CC)CC)cc1.Cl. The second kappa shape index (κ2) is 13.2. The van der Waals surface area contributed by atoms with Gasteiger partial charge in [-0.2, -0.15) is 0 Å². The van der Waals surface area contributed by atoms with E-state index in [0.29, 0.717) is 18.7 Å². The standard InChI is InChI=1S/C22H31N3O4S.ClH/c1-4-17-30(27,28)24-21-10-8-7-9-20(21)22(26)23-18-11-13-19(14-12-18)29-16-15-25(5-2)6-3;/h7-14,24H,4-6,15-17H2,1-3H3,(H,23,26);1H. The number of carbonyl (C=O) groups excluding carboxylic acids is 1. The van der Waals surface area contributed by atoms with E-state index >= 15 is 0 Å². The highest BCUT2D eigenvalue weighted by molar-refractivity contribution is 7.92. The lowest BCUT2D eigenvalue weighted by molar-refractivity contribution is 0.102. The number of benzene rings is 2. The molecular weight excluding hydrogens is 438 g/mol. The van der Waals surface area contributed by atoms with Gasteiger partial charge in [-0.1, -0.05) is 32.9 Å². The number of ether oxygens (including phenoxy) is 1. The van der Waals surface area contributed by atoms with Crippen LogP contribution >= 0.6 is 12.4 Å². The van der Waals surface area contributed by atoms with Gasteiger partial charge in [-0.15, -0.1) is 12.4 Å². The van der Waals surface area contributed by atoms with Gasteiger partial charge in [0.1, 0.15) is 12.4 Å². The fraction of sp³-hybridized carbons (Fsp3) is 0.409. The third kappa shape index (κ3) is 8.77. The van der Waals surface area contributed by atoms with Crippen molar-refractivity contribution in [2.45, 2.75) is 27.2 Å². The Kier molecular flexibility index (Phi) is 11.4. The van der Waals surface area contributed by atoms with Crippen LogP contribution < -0.4 is 14.8 Å². The third-order valence-electron chi connectivity index (χ3n) is 4.59. The molecule has 7 nitrogen and oxygen atoms in total. The molecule has 1 amide bonds. The van der Waals surface area contributed by atoms with Crippen LogP contribution in [0, 0.1) is 0 Å². The molecule has 0 unspecified atom stereocenters. The van der Waals surface area contributed by atoms with Crippen molar-refractivity contribution in [1.29, 1.82) is 0 Å². The van der Waals surface area contributed by atoms with Crippen molar-refractivity contribution in [3.8, 4) is 5.75 Å². The van der Waals surface area contributed by atoms with Crippen molar-refractivity contribution in [2.75, 3.05) is 42.0 Å². The Labute approximate surface area is 191 Å². The molecule has 0 aliphatic heterocycles. The van der Waals surface area contributed by atoms with E-state index in [-0.39, 0.29) is 35.3 Å². The van der Waals surface area contributed by atoms with Crippen LogP contribution in [-0.2, 0) is 10.0 Å². The van der Waals surface area contributed by atoms with E-state index in [0.717, 1.165) is 25.4 Å². The molecular formula is C22H32ClN3O4S.